The van der Waals surface area contributed by atoms with Gasteiger partial charge in [0.05, 0.1) is 19.2 Å². The molecule has 0 spiro atoms. The molecule has 1 saturated heterocycles. The van der Waals surface area contributed by atoms with E-state index >= 15 is 0 Å². The van der Waals surface area contributed by atoms with E-state index in [1.807, 2.05) is 0 Å². The van der Waals surface area contributed by atoms with Crippen molar-refractivity contribution in [2.45, 2.75) is 56.4 Å². The molecule has 154 valence electrons. The summed E-state index contributed by atoms with van der Waals surface area (Å²) in [6, 6.07) is 12.8. The summed E-state index contributed by atoms with van der Waals surface area (Å²) in [6.07, 6.45) is 2.53. The second-order valence-electron chi connectivity index (χ2n) is 7.61. The molecule has 1 aliphatic rings. The van der Waals surface area contributed by atoms with Gasteiger partial charge in [0.15, 0.2) is 5.16 Å². The number of hydrogen-bond donors (Lipinski definition) is 0. The van der Waals surface area contributed by atoms with Crippen LogP contribution in [0.15, 0.2) is 46.9 Å². The maximum atomic E-state index is 5.91. The van der Waals surface area contributed by atoms with Gasteiger partial charge in [-0.25, -0.2) is 0 Å². The second kappa shape index (κ2) is 9.89. The number of benzene rings is 1. The first-order chi connectivity index (χ1) is 14.2. The molecule has 2 aromatic heterocycles. The molecule has 0 N–H and O–H groups in total. The van der Waals surface area contributed by atoms with E-state index < -0.39 is 0 Å². The van der Waals surface area contributed by atoms with Crippen molar-refractivity contribution >= 4 is 23.1 Å². The first kappa shape index (κ1) is 20.6. The van der Waals surface area contributed by atoms with Crippen LogP contribution in [0.1, 0.15) is 34.7 Å². The Labute approximate surface area is 181 Å². The zero-order chi connectivity index (χ0) is 20.1. The first-order valence-corrected chi connectivity index (χ1v) is 12.0. The van der Waals surface area contributed by atoms with Crippen molar-refractivity contribution in [2.75, 3.05) is 13.7 Å². The molecule has 1 atom stereocenters. The summed E-state index contributed by atoms with van der Waals surface area (Å²) in [4.78, 5) is 3.67. The molecule has 3 heterocycles. The highest BCUT2D eigenvalue weighted by Crippen LogP contribution is 2.26. The quantitative estimate of drug-likeness (QED) is 0.460. The van der Waals surface area contributed by atoms with Crippen molar-refractivity contribution in [1.29, 1.82) is 0 Å². The number of rotatable bonds is 9. The molecular formula is C22H28N4OS2. The Kier molecular flexibility index (Phi) is 7.02. The fraction of sp³-hybridized carbons (Fsp3) is 0.455. The van der Waals surface area contributed by atoms with Crippen LogP contribution in [-0.2, 0) is 30.1 Å². The molecule has 0 radical (unpaired) electrons. The van der Waals surface area contributed by atoms with E-state index in [1.54, 1.807) is 23.1 Å². The maximum absolute atomic E-state index is 5.91. The van der Waals surface area contributed by atoms with Gasteiger partial charge < -0.3 is 9.30 Å². The van der Waals surface area contributed by atoms with Crippen LogP contribution in [0.2, 0.25) is 0 Å². The number of thiophene rings is 1. The monoisotopic (exact) mass is 428 g/mol. The van der Waals surface area contributed by atoms with Crippen molar-refractivity contribution in [3.63, 3.8) is 0 Å². The van der Waals surface area contributed by atoms with Crippen LogP contribution in [0.3, 0.4) is 0 Å². The van der Waals surface area contributed by atoms with Gasteiger partial charge in [0.1, 0.15) is 5.82 Å². The number of aryl methyl sites for hydroxylation is 1. The predicted molar refractivity (Wildman–Crippen MR) is 119 cm³/mol. The Bertz CT molecular complexity index is 903. The number of nitrogens with zero attached hydrogens (tertiary/aromatic N) is 4. The molecule has 29 heavy (non-hydrogen) atoms. The largest absolute Gasteiger partial charge is 0.376 e. The normalized spacial score (nSPS) is 16.7. The Morgan fingerprint density at radius 2 is 2.10 bits per heavy atom. The van der Waals surface area contributed by atoms with Crippen LogP contribution in [0.25, 0.3) is 0 Å². The van der Waals surface area contributed by atoms with Gasteiger partial charge in [-0.05, 0) is 49.4 Å². The van der Waals surface area contributed by atoms with Crippen LogP contribution in [-0.4, -0.2) is 39.4 Å². The predicted octanol–water partition coefficient (Wildman–Crippen LogP) is 4.75. The highest BCUT2D eigenvalue weighted by molar-refractivity contribution is 7.98. The van der Waals surface area contributed by atoms with Gasteiger partial charge in [-0.2, -0.15) is 0 Å². The molecule has 0 unspecified atom stereocenters. The van der Waals surface area contributed by atoms with Crippen LogP contribution >= 0.6 is 23.1 Å². The molecule has 1 fully saturated rings. The Morgan fingerprint density at radius 1 is 1.21 bits per heavy atom. The third kappa shape index (κ3) is 5.48. The van der Waals surface area contributed by atoms with E-state index in [2.05, 4.69) is 75.4 Å². The molecule has 0 amide bonds. The Hall–Kier alpha value is -1.67. The number of thioether (sulfide) groups is 1. The SMILES string of the molecule is Cc1ccccc1CSc1nnc(CN(C)Cc2cccs2)n1C[C@H]1CCCO1. The van der Waals surface area contributed by atoms with E-state index in [4.69, 9.17) is 4.74 Å². The molecular weight excluding hydrogens is 400 g/mol. The van der Waals surface area contributed by atoms with Crippen LogP contribution in [0.5, 0.6) is 0 Å². The zero-order valence-corrected chi connectivity index (χ0v) is 18.7. The van der Waals surface area contributed by atoms with Gasteiger partial charge in [0.25, 0.3) is 0 Å². The highest BCUT2D eigenvalue weighted by atomic mass is 32.2. The Morgan fingerprint density at radius 3 is 2.86 bits per heavy atom. The van der Waals surface area contributed by atoms with Crippen molar-refractivity contribution in [2.24, 2.45) is 0 Å². The third-order valence-electron chi connectivity index (χ3n) is 5.24. The fourth-order valence-corrected chi connectivity index (χ4v) is 5.43. The average molecular weight is 429 g/mol. The summed E-state index contributed by atoms with van der Waals surface area (Å²) in [6.45, 7) is 5.58. The lowest BCUT2D eigenvalue weighted by atomic mass is 10.1. The first-order valence-electron chi connectivity index (χ1n) is 10.1. The lowest BCUT2D eigenvalue weighted by molar-refractivity contribution is 0.0934. The van der Waals surface area contributed by atoms with Crippen LogP contribution in [0, 0.1) is 6.92 Å². The van der Waals surface area contributed by atoms with Crippen molar-refractivity contribution in [3.05, 3.63) is 63.6 Å². The molecule has 4 rings (SSSR count). The smallest absolute Gasteiger partial charge is 0.191 e. The van der Waals surface area contributed by atoms with Crippen LogP contribution < -0.4 is 0 Å². The van der Waals surface area contributed by atoms with Gasteiger partial charge in [-0.1, -0.05) is 42.1 Å². The topological polar surface area (TPSA) is 43.2 Å². The molecule has 3 aromatic rings. The van der Waals surface area contributed by atoms with Gasteiger partial charge >= 0.3 is 0 Å². The van der Waals surface area contributed by atoms with E-state index in [9.17, 15) is 0 Å². The molecule has 1 aliphatic heterocycles. The summed E-state index contributed by atoms with van der Waals surface area (Å²) in [5, 5.41) is 12.2. The Balaban J connectivity index is 1.48. The molecule has 5 nitrogen and oxygen atoms in total. The number of ether oxygens (including phenoxy) is 1. The molecule has 0 saturated carbocycles. The van der Waals surface area contributed by atoms with Gasteiger partial charge in [-0.15, -0.1) is 21.5 Å². The summed E-state index contributed by atoms with van der Waals surface area (Å²) >= 11 is 3.56. The number of hydrogen-bond acceptors (Lipinski definition) is 6. The third-order valence-corrected chi connectivity index (χ3v) is 7.12. The van der Waals surface area contributed by atoms with Crippen LogP contribution in [0.4, 0.5) is 0 Å². The summed E-state index contributed by atoms with van der Waals surface area (Å²) in [7, 11) is 2.14. The summed E-state index contributed by atoms with van der Waals surface area (Å²) in [5.74, 6) is 1.92. The van der Waals surface area contributed by atoms with E-state index in [0.29, 0.717) is 0 Å². The van der Waals surface area contributed by atoms with Crippen molar-refractivity contribution < 1.29 is 4.74 Å². The maximum Gasteiger partial charge on any atom is 0.191 e. The molecule has 7 heteroatoms. The lowest BCUT2D eigenvalue weighted by Crippen LogP contribution is -2.23. The highest BCUT2D eigenvalue weighted by Gasteiger charge is 2.22. The molecule has 1 aromatic carbocycles. The summed E-state index contributed by atoms with van der Waals surface area (Å²) in [5.41, 5.74) is 2.67. The zero-order valence-electron chi connectivity index (χ0n) is 17.1. The van der Waals surface area contributed by atoms with Gasteiger partial charge in [-0.3, -0.25) is 4.90 Å². The van der Waals surface area contributed by atoms with Gasteiger partial charge in [0.2, 0.25) is 0 Å². The van der Waals surface area contributed by atoms with Crippen molar-refractivity contribution in [1.82, 2.24) is 19.7 Å². The minimum atomic E-state index is 0.269. The van der Waals surface area contributed by atoms with E-state index in [0.717, 1.165) is 55.8 Å². The second-order valence-corrected chi connectivity index (χ2v) is 9.59. The lowest BCUT2D eigenvalue weighted by Gasteiger charge is -2.18. The molecule has 0 bridgehead atoms. The van der Waals surface area contributed by atoms with E-state index in [-0.39, 0.29) is 6.10 Å². The van der Waals surface area contributed by atoms with Gasteiger partial charge in [0, 0.05) is 23.8 Å². The van der Waals surface area contributed by atoms with E-state index in [1.165, 1.54) is 16.0 Å². The minimum Gasteiger partial charge on any atom is -0.376 e. The van der Waals surface area contributed by atoms with Crippen molar-refractivity contribution in [3.8, 4) is 0 Å². The molecule has 0 aliphatic carbocycles. The minimum absolute atomic E-state index is 0.269. The fourth-order valence-electron chi connectivity index (χ4n) is 3.60. The standard InChI is InChI=1S/C22H28N4OS2/c1-17-7-3-4-8-18(17)16-29-22-24-23-21(26(22)13-19-9-5-11-27-19)15-25(2)14-20-10-6-12-28-20/h3-4,6-8,10,12,19H,5,9,11,13-16H2,1-2H3/t19-/m1/s1. The average Bonchev–Trinajstić information content (AvgIpc) is 3.46. The number of aromatic nitrogens is 3. The summed E-state index contributed by atoms with van der Waals surface area (Å²) < 4.78 is 8.19.